The molecule has 6 heteroatoms. The molecule has 1 aliphatic heterocycles. The molecule has 1 saturated heterocycles. The molecule has 0 spiro atoms. The number of nitrogens with two attached hydrogens (primary N) is 1. The van der Waals surface area contributed by atoms with Gasteiger partial charge in [0.25, 0.3) is 0 Å². The fraction of sp³-hybridized carbons (Fsp3) is 0.412. The summed E-state index contributed by atoms with van der Waals surface area (Å²) >= 11 is 3.60. The molecule has 0 amide bonds. The van der Waals surface area contributed by atoms with Crippen molar-refractivity contribution in [1.29, 1.82) is 0 Å². The molecule has 0 aliphatic carbocycles. The first-order chi connectivity index (χ1) is 10.4. The van der Waals surface area contributed by atoms with Crippen molar-refractivity contribution in [3.8, 4) is 0 Å². The molecule has 0 radical (unpaired) electrons. The number of likely N-dealkylation sites (tertiary alicyclic amines) is 1. The lowest BCUT2D eigenvalue weighted by molar-refractivity contribution is -0.913. The number of piperidine rings is 1. The van der Waals surface area contributed by atoms with E-state index in [1.807, 2.05) is 0 Å². The SMILES string of the molecule is C[NH2+]CC[NH+]1CCC(=C(c2ccsc2)c2ccsc2)CC1.[Cl-].[Cl-]. The predicted octanol–water partition coefficient (Wildman–Crippen LogP) is -4.51. The van der Waals surface area contributed by atoms with Crippen molar-refractivity contribution in [2.45, 2.75) is 12.8 Å². The Kier molecular flexibility index (Phi) is 9.44. The molecule has 2 aromatic heterocycles. The van der Waals surface area contributed by atoms with Gasteiger partial charge in [0.05, 0.1) is 20.1 Å². The average Bonchev–Trinajstić information content (AvgIpc) is 3.21. The standard InChI is InChI=1S/C17H22N2S2.2ClH/c1-18-6-9-19-7-2-14(3-8-19)17(15-4-10-20-12-15)16-5-11-21-13-16;;/h4-5,10-13,18H,2-3,6-9H2,1H3;2*1H. The summed E-state index contributed by atoms with van der Waals surface area (Å²) in [6.45, 7) is 5.13. The number of thiophene rings is 2. The Morgan fingerprint density at radius 2 is 1.61 bits per heavy atom. The van der Waals surface area contributed by atoms with Crippen LogP contribution >= 0.6 is 22.7 Å². The van der Waals surface area contributed by atoms with E-state index in [9.17, 15) is 0 Å². The van der Waals surface area contributed by atoms with Crippen LogP contribution in [0, 0.1) is 0 Å². The van der Waals surface area contributed by atoms with E-state index in [0.717, 1.165) is 0 Å². The number of hydrogen-bond donors (Lipinski definition) is 2. The molecule has 0 unspecified atom stereocenters. The van der Waals surface area contributed by atoms with Crippen molar-refractivity contribution in [3.63, 3.8) is 0 Å². The Balaban J connectivity index is 0.00000132. The number of likely N-dealkylation sites (N-methyl/N-ethyl adjacent to an activating group) is 1. The van der Waals surface area contributed by atoms with Crippen LogP contribution in [-0.4, -0.2) is 33.2 Å². The van der Waals surface area contributed by atoms with Gasteiger partial charge in [-0.2, -0.15) is 22.7 Å². The Bertz CT molecular complexity index is 534. The molecule has 0 bridgehead atoms. The molecule has 3 rings (SSSR count). The first kappa shape index (κ1) is 20.7. The van der Waals surface area contributed by atoms with E-state index in [2.05, 4.69) is 46.0 Å². The predicted molar refractivity (Wildman–Crippen MR) is 92.2 cm³/mol. The Morgan fingerprint density at radius 1 is 1.04 bits per heavy atom. The zero-order valence-corrected chi connectivity index (χ0v) is 16.5. The van der Waals surface area contributed by atoms with Crippen molar-refractivity contribution >= 4 is 28.2 Å². The largest absolute Gasteiger partial charge is 1.00 e. The zero-order chi connectivity index (χ0) is 14.5. The molecular formula is C17H24Cl2N2S2. The van der Waals surface area contributed by atoms with Crippen LogP contribution in [0.1, 0.15) is 24.0 Å². The Labute approximate surface area is 159 Å². The quantitative estimate of drug-likeness (QED) is 0.513. The maximum Gasteiger partial charge on any atom is 0.127 e. The molecule has 128 valence electrons. The summed E-state index contributed by atoms with van der Waals surface area (Å²) in [6, 6.07) is 4.55. The minimum Gasteiger partial charge on any atom is -1.00 e. The summed E-state index contributed by atoms with van der Waals surface area (Å²) in [5.74, 6) is 0. The fourth-order valence-electron chi connectivity index (χ4n) is 3.14. The third-order valence-corrected chi connectivity index (χ3v) is 5.69. The molecule has 23 heavy (non-hydrogen) atoms. The highest BCUT2D eigenvalue weighted by molar-refractivity contribution is 7.08. The van der Waals surface area contributed by atoms with Crippen molar-refractivity contribution < 1.29 is 35.0 Å². The molecular weight excluding hydrogens is 367 g/mol. The van der Waals surface area contributed by atoms with Crippen LogP contribution in [0.3, 0.4) is 0 Å². The molecule has 0 atom stereocenters. The molecule has 1 aliphatic rings. The van der Waals surface area contributed by atoms with Gasteiger partial charge in [-0.3, -0.25) is 0 Å². The van der Waals surface area contributed by atoms with Gasteiger partial charge in [0.1, 0.15) is 13.1 Å². The van der Waals surface area contributed by atoms with E-state index < -0.39 is 0 Å². The second kappa shape index (κ2) is 10.5. The monoisotopic (exact) mass is 390 g/mol. The van der Waals surface area contributed by atoms with Gasteiger partial charge in [0, 0.05) is 12.8 Å². The molecule has 2 aromatic rings. The second-order valence-electron chi connectivity index (χ2n) is 5.70. The highest BCUT2D eigenvalue weighted by atomic mass is 35.5. The number of nitrogens with one attached hydrogen (secondary N) is 1. The highest BCUT2D eigenvalue weighted by Gasteiger charge is 2.21. The zero-order valence-electron chi connectivity index (χ0n) is 13.4. The van der Waals surface area contributed by atoms with Crippen LogP contribution in [0.25, 0.3) is 5.57 Å². The lowest BCUT2D eigenvalue weighted by Gasteiger charge is -2.26. The van der Waals surface area contributed by atoms with Crippen LogP contribution in [-0.2, 0) is 0 Å². The first-order valence-electron chi connectivity index (χ1n) is 7.77. The third kappa shape index (κ3) is 5.31. The van der Waals surface area contributed by atoms with Crippen LogP contribution in [0.4, 0.5) is 0 Å². The van der Waals surface area contributed by atoms with E-state index in [1.54, 1.807) is 33.1 Å². The van der Waals surface area contributed by atoms with Gasteiger partial charge in [-0.25, -0.2) is 0 Å². The number of halogens is 2. The number of rotatable bonds is 5. The topological polar surface area (TPSA) is 21.1 Å². The number of quaternary nitrogens is 2. The van der Waals surface area contributed by atoms with Crippen LogP contribution in [0.5, 0.6) is 0 Å². The average molecular weight is 391 g/mol. The van der Waals surface area contributed by atoms with E-state index in [4.69, 9.17) is 0 Å². The smallest absolute Gasteiger partial charge is 0.127 e. The lowest BCUT2D eigenvalue weighted by Crippen LogP contribution is -3.15. The van der Waals surface area contributed by atoms with Crippen LogP contribution in [0.2, 0.25) is 0 Å². The van der Waals surface area contributed by atoms with Crippen molar-refractivity contribution in [2.24, 2.45) is 0 Å². The van der Waals surface area contributed by atoms with Crippen LogP contribution in [0.15, 0.2) is 39.2 Å². The van der Waals surface area contributed by atoms with Gasteiger partial charge in [-0.05, 0) is 50.4 Å². The van der Waals surface area contributed by atoms with Crippen molar-refractivity contribution in [2.75, 3.05) is 33.2 Å². The molecule has 3 N–H and O–H groups in total. The Hall–Kier alpha value is -0.360. The summed E-state index contributed by atoms with van der Waals surface area (Å²) < 4.78 is 0. The summed E-state index contributed by atoms with van der Waals surface area (Å²) in [4.78, 5) is 1.77. The van der Waals surface area contributed by atoms with Gasteiger partial charge in [-0.1, -0.05) is 5.57 Å². The maximum atomic E-state index is 2.30. The van der Waals surface area contributed by atoms with Gasteiger partial charge >= 0.3 is 0 Å². The lowest BCUT2D eigenvalue weighted by atomic mass is 9.91. The molecule has 0 saturated carbocycles. The van der Waals surface area contributed by atoms with Gasteiger partial charge in [-0.15, -0.1) is 0 Å². The van der Waals surface area contributed by atoms with Gasteiger partial charge < -0.3 is 35.0 Å². The third-order valence-electron chi connectivity index (χ3n) is 4.32. The molecule has 0 aromatic carbocycles. The summed E-state index contributed by atoms with van der Waals surface area (Å²) in [5.41, 5.74) is 6.01. The summed E-state index contributed by atoms with van der Waals surface area (Å²) in [7, 11) is 2.17. The molecule has 1 fully saturated rings. The summed E-state index contributed by atoms with van der Waals surface area (Å²) in [6.07, 6.45) is 2.50. The maximum absolute atomic E-state index is 2.30. The van der Waals surface area contributed by atoms with E-state index >= 15 is 0 Å². The molecule has 3 heterocycles. The van der Waals surface area contributed by atoms with E-state index in [0.29, 0.717) is 0 Å². The first-order valence-corrected chi connectivity index (χ1v) is 9.65. The van der Waals surface area contributed by atoms with E-state index in [-0.39, 0.29) is 24.8 Å². The normalized spacial score (nSPS) is 17.3. The van der Waals surface area contributed by atoms with Crippen molar-refractivity contribution in [3.05, 3.63) is 50.4 Å². The number of hydrogen-bond acceptors (Lipinski definition) is 2. The highest BCUT2D eigenvalue weighted by Crippen LogP contribution is 2.32. The minimum absolute atomic E-state index is 0. The Morgan fingerprint density at radius 3 is 2.04 bits per heavy atom. The summed E-state index contributed by atoms with van der Waals surface area (Å²) in [5, 5.41) is 11.3. The van der Waals surface area contributed by atoms with Crippen molar-refractivity contribution in [1.82, 2.24) is 0 Å². The van der Waals surface area contributed by atoms with Gasteiger partial charge in [0.2, 0.25) is 0 Å². The van der Waals surface area contributed by atoms with Crippen LogP contribution < -0.4 is 35.0 Å². The fourth-order valence-corrected chi connectivity index (χ4v) is 4.44. The van der Waals surface area contributed by atoms with Gasteiger partial charge in [0.15, 0.2) is 0 Å². The van der Waals surface area contributed by atoms with E-state index in [1.165, 1.54) is 55.7 Å². The second-order valence-corrected chi connectivity index (χ2v) is 7.26. The molecule has 2 nitrogen and oxygen atoms in total. The minimum atomic E-state index is 0.